The van der Waals surface area contributed by atoms with Gasteiger partial charge >= 0.3 is 0 Å². The Bertz CT molecular complexity index is 1060. The first-order chi connectivity index (χ1) is 15.9. The van der Waals surface area contributed by atoms with Gasteiger partial charge in [0, 0.05) is 45.0 Å². The standard InChI is InChI=1S/C24H31F2N7.H2/c1-18-11-21(28-24-27-17-33(29-24)23-14-19(25)13-20(26)15-23)16-22(12-18)32-9-7-31(8-10-32)6-4-5-30(2)3;/h11-17H,4-10H2,1-3H3,(H,28,29);1H. The van der Waals surface area contributed by atoms with Gasteiger partial charge in [-0.25, -0.2) is 13.5 Å². The summed E-state index contributed by atoms with van der Waals surface area (Å²) in [5.41, 5.74) is 3.45. The number of aromatic nitrogens is 3. The van der Waals surface area contributed by atoms with Gasteiger partial charge in [0.2, 0.25) is 5.95 Å². The fourth-order valence-corrected chi connectivity index (χ4v) is 4.10. The van der Waals surface area contributed by atoms with Crippen molar-refractivity contribution in [1.29, 1.82) is 0 Å². The SMILES string of the molecule is Cc1cc(Nc2ncn(-c3cc(F)cc(F)c3)n2)cc(N2CCN(CCCN(C)C)CC2)c1.[HH]. The maximum atomic E-state index is 13.5. The fraction of sp³-hybridized carbons (Fsp3) is 0.417. The van der Waals surface area contributed by atoms with Crippen molar-refractivity contribution in [3.63, 3.8) is 0 Å². The number of nitrogens with zero attached hydrogens (tertiary/aromatic N) is 6. The highest BCUT2D eigenvalue weighted by atomic mass is 19.1. The lowest BCUT2D eigenvalue weighted by Crippen LogP contribution is -2.47. The molecule has 4 rings (SSSR count). The molecule has 0 aliphatic carbocycles. The second-order valence-corrected chi connectivity index (χ2v) is 8.81. The zero-order chi connectivity index (χ0) is 23.4. The number of nitrogens with one attached hydrogen (secondary N) is 1. The summed E-state index contributed by atoms with van der Waals surface area (Å²) in [6.45, 7) is 8.40. The molecule has 0 amide bonds. The maximum Gasteiger partial charge on any atom is 0.246 e. The molecule has 1 aliphatic rings. The Morgan fingerprint density at radius 1 is 0.970 bits per heavy atom. The molecule has 0 radical (unpaired) electrons. The molecular formula is C24H33F2N7. The van der Waals surface area contributed by atoms with E-state index in [4.69, 9.17) is 0 Å². The van der Waals surface area contributed by atoms with Gasteiger partial charge in [-0.1, -0.05) is 0 Å². The summed E-state index contributed by atoms with van der Waals surface area (Å²) in [6, 6.07) is 9.58. The number of halogens is 2. The molecule has 178 valence electrons. The lowest BCUT2D eigenvalue weighted by Gasteiger charge is -2.36. The summed E-state index contributed by atoms with van der Waals surface area (Å²) in [7, 11) is 4.23. The molecule has 0 atom stereocenters. The minimum Gasteiger partial charge on any atom is -0.369 e. The minimum absolute atomic E-state index is 0. The Kier molecular flexibility index (Phi) is 7.20. The van der Waals surface area contributed by atoms with Crippen LogP contribution in [-0.4, -0.2) is 77.9 Å². The third kappa shape index (κ3) is 6.27. The zero-order valence-electron chi connectivity index (χ0n) is 19.4. The highest BCUT2D eigenvalue weighted by Gasteiger charge is 2.18. The highest BCUT2D eigenvalue weighted by molar-refractivity contribution is 5.64. The van der Waals surface area contributed by atoms with Crippen LogP contribution >= 0.6 is 0 Å². The van der Waals surface area contributed by atoms with Crippen molar-refractivity contribution < 1.29 is 10.2 Å². The first-order valence-electron chi connectivity index (χ1n) is 11.2. The smallest absolute Gasteiger partial charge is 0.246 e. The monoisotopic (exact) mass is 457 g/mol. The third-order valence-corrected chi connectivity index (χ3v) is 5.74. The van der Waals surface area contributed by atoms with E-state index in [-0.39, 0.29) is 7.11 Å². The highest BCUT2D eigenvalue weighted by Crippen LogP contribution is 2.25. The van der Waals surface area contributed by atoms with E-state index in [2.05, 4.69) is 63.3 Å². The predicted octanol–water partition coefficient (Wildman–Crippen LogP) is 3.92. The van der Waals surface area contributed by atoms with Gasteiger partial charge in [0.05, 0.1) is 5.69 Å². The van der Waals surface area contributed by atoms with Gasteiger partial charge in [0.25, 0.3) is 0 Å². The molecule has 33 heavy (non-hydrogen) atoms. The number of rotatable bonds is 8. The molecule has 2 aromatic carbocycles. The Balaban J connectivity index is 0.00000324. The second kappa shape index (κ2) is 10.3. The lowest BCUT2D eigenvalue weighted by atomic mass is 10.1. The second-order valence-electron chi connectivity index (χ2n) is 8.81. The normalized spacial score (nSPS) is 14.8. The number of piperazine rings is 1. The topological polar surface area (TPSA) is 52.5 Å². The molecule has 1 aliphatic heterocycles. The van der Waals surface area contributed by atoms with Crippen molar-refractivity contribution in [3.05, 3.63) is 59.9 Å². The molecule has 1 aromatic heterocycles. The Hall–Kier alpha value is -3.04. The molecule has 1 saturated heterocycles. The van der Waals surface area contributed by atoms with Gasteiger partial charge in [-0.05, 0) is 76.4 Å². The van der Waals surface area contributed by atoms with Crippen LogP contribution in [0.1, 0.15) is 13.4 Å². The van der Waals surface area contributed by atoms with E-state index in [1.807, 2.05) is 6.07 Å². The van der Waals surface area contributed by atoms with E-state index in [1.165, 1.54) is 29.6 Å². The van der Waals surface area contributed by atoms with Crippen molar-refractivity contribution in [2.24, 2.45) is 0 Å². The number of hydrogen-bond donors (Lipinski definition) is 1. The van der Waals surface area contributed by atoms with Crippen LogP contribution in [0.4, 0.5) is 26.1 Å². The average Bonchev–Trinajstić information content (AvgIpc) is 3.21. The van der Waals surface area contributed by atoms with Crippen LogP contribution in [-0.2, 0) is 0 Å². The number of benzene rings is 2. The van der Waals surface area contributed by atoms with E-state index in [9.17, 15) is 8.78 Å². The van der Waals surface area contributed by atoms with Gasteiger partial charge in [0.1, 0.15) is 18.0 Å². The first kappa shape index (κ1) is 23.1. The van der Waals surface area contributed by atoms with Crippen LogP contribution in [0.3, 0.4) is 0 Å². The van der Waals surface area contributed by atoms with E-state index >= 15 is 0 Å². The Morgan fingerprint density at radius 3 is 2.39 bits per heavy atom. The molecule has 1 fully saturated rings. The molecule has 9 heteroatoms. The van der Waals surface area contributed by atoms with Crippen molar-refractivity contribution in [2.45, 2.75) is 13.3 Å². The number of anilines is 3. The van der Waals surface area contributed by atoms with Crippen LogP contribution < -0.4 is 10.2 Å². The van der Waals surface area contributed by atoms with Gasteiger partial charge in [-0.3, -0.25) is 4.90 Å². The van der Waals surface area contributed by atoms with Gasteiger partial charge in [-0.15, -0.1) is 5.10 Å². The van der Waals surface area contributed by atoms with Gasteiger partial charge in [0.15, 0.2) is 0 Å². The summed E-state index contributed by atoms with van der Waals surface area (Å²) >= 11 is 0. The third-order valence-electron chi connectivity index (χ3n) is 5.74. The summed E-state index contributed by atoms with van der Waals surface area (Å²) < 4.78 is 28.4. The molecule has 3 aromatic rings. The van der Waals surface area contributed by atoms with Crippen molar-refractivity contribution >= 4 is 17.3 Å². The summed E-state index contributed by atoms with van der Waals surface area (Å²) in [6.07, 6.45) is 2.62. The largest absolute Gasteiger partial charge is 0.369 e. The quantitative estimate of drug-likeness (QED) is 0.554. The van der Waals surface area contributed by atoms with Crippen molar-refractivity contribution in [2.75, 3.05) is 63.6 Å². The average molecular weight is 458 g/mol. The molecule has 0 unspecified atom stereocenters. The molecule has 0 spiro atoms. The number of aryl methyl sites for hydroxylation is 1. The summed E-state index contributed by atoms with van der Waals surface area (Å²) in [5.74, 6) is -0.950. The Labute approximate surface area is 195 Å². The van der Waals surface area contributed by atoms with Crippen LogP contribution in [0.15, 0.2) is 42.7 Å². The molecular weight excluding hydrogens is 424 g/mol. The molecule has 7 nitrogen and oxygen atoms in total. The zero-order valence-corrected chi connectivity index (χ0v) is 19.4. The summed E-state index contributed by atoms with van der Waals surface area (Å²) in [4.78, 5) is 11.4. The van der Waals surface area contributed by atoms with Crippen LogP contribution in [0.25, 0.3) is 5.69 Å². The fourth-order valence-electron chi connectivity index (χ4n) is 4.10. The summed E-state index contributed by atoms with van der Waals surface area (Å²) in [5, 5.41) is 7.54. The first-order valence-corrected chi connectivity index (χ1v) is 11.2. The van der Waals surface area contributed by atoms with E-state index in [1.54, 1.807) is 0 Å². The molecule has 1 N–H and O–H groups in total. The molecule has 0 bridgehead atoms. The van der Waals surface area contributed by atoms with E-state index < -0.39 is 11.6 Å². The van der Waals surface area contributed by atoms with Gasteiger partial charge < -0.3 is 15.1 Å². The number of hydrogen-bond acceptors (Lipinski definition) is 6. The lowest BCUT2D eigenvalue weighted by molar-refractivity contribution is 0.242. The molecule has 2 heterocycles. The Morgan fingerprint density at radius 2 is 1.70 bits per heavy atom. The minimum atomic E-state index is -0.656. The van der Waals surface area contributed by atoms with Crippen molar-refractivity contribution in [1.82, 2.24) is 24.6 Å². The van der Waals surface area contributed by atoms with Crippen LogP contribution in [0.2, 0.25) is 0 Å². The van der Waals surface area contributed by atoms with E-state index in [0.717, 1.165) is 62.3 Å². The molecule has 0 saturated carbocycles. The predicted molar refractivity (Wildman–Crippen MR) is 130 cm³/mol. The van der Waals surface area contributed by atoms with Crippen LogP contribution in [0.5, 0.6) is 0 Å². The maximum absolute atomic E-state index is 13.5. The van der Waals surface area contributed by atoms with Gasteiger partial charge in [-0.2, -0.15) is 4.98 Å². The van der Waals surface area contributed by atoms with E-state index in [0.29, 0.717) is 5.95 Å². The van der Waals surface area contributed by atoms with Crippen LogP contribution in [0, 0.1) is 18.6 Å². The van der Waals surface area contributed by atoms with Crippen molar-refractivity contribution in [3.8, 4) is 5.69 Å².